The third kappa shape index (κ3) is 4.32. The number of nitrogens with two attached hydrogens (primary N) is 1. The van der Waals surface area contributed by atoms with E-state index in [1.807, 2.05) is 12.3 Å². The molecular formula is C18H24N2S. The molecule has 0 radical (unpaired) electrons. The summed E-state index contributed by atoms with van der Waals surface area (Å²) in [6.07, 6.45) is 2.82. The molecule has 2 nitrogen and oxygen atoms in total. The first-order valence-corrected chi connectivity index (χ1v) is 8.21. The number of pyridine rings is 1. The van der Waals surface area contributed by atoms with E-state index in [0.717, 1.165) is 17.0 Å². The topological polar surface area (TPSA) is 38.9 Å². The smallest absolute Gasteiger partial charge is 0.0571 e. The number of aromatic nitrogens is 1. The van der Waals surface area contributed by atoms with Crippen LogP contribution in [0, 0.1) is 0 Å². The van der Waals surface area contributed by atoms with Gasteiger partial charge >= 0.3 is 0 Å². The molecule has 1 atom stereocenters. The zero-order chi connectivity index (χ0) is 15.5. The monoisotopic (exact) mass is 300 g/mol. The second-order valence-electron chi connectivity index (χ2n) is 6.31. The Morgan fingerprint density at radius 1 is 1.05 bits per heavy atom. The van der Waals surface area contributed by atoms with Gasteiger partial charge in [-0.1, -0.05) is 51.6 Å². The van der Waals surface area contributed by atoms with Crippen LogP contribution in [0.2, 0.25) is 0 Å². The lowest BCUT2D eigenvalue weighted by molar-refractivity contribution is 0.590. The zero-order valence-corrected chi connectivity index (χ0v) is 14.1. The number of hydrogen-bond donors (Lipinski definition) is 1. The first-order chi connectivity index (χ1) is 9.90. The van der Waals surface area contributed by atoms with Crippen molar-refractivity contribution >= 4 is 11.8 Å². The highest BCUT2D eigenvalue weighted by Crippen LogP contribution is 2.30. The summed E-state index contributed by atoms with van der Waals surface area (Å²) >= 11 is 1.73. The quantitative estimate of drug-likeness (QED) is 0.869. The molecule has 2 N–H and O–H groups in total. The maximum Gasteiger partial charge on any atom is 0.0571 e. The van der Waals surface area contributed by atoms with E-state index >= 15 is 0 Å². The van der Waals surface area contributed by atoms with Gasteiger partial charge in [0.1, 0.15) is 0 Å². The van der Waals surface area contributed by atoms with Crippen LogP contribution in [0.4, 0.5) is 0 Å². The fraction of sp³-hybridized carbons (Fsp3) is 0.389. The second-order valence-corrected chi connectivity index (χ2v) is 7.46. The predicted molar refractivity (Wildman–Crippen MR) is 90.7 cm³/mol. The fourth-order valence-electron chi connectivity index (χ4n) is 2.04. The maximum atomic E-state index is 5.98. The van der Waals surface area contributed by atoms with Gasteiger partial charge in [-0.2, -0.15) is 0 Å². The summed E-state index contributed by atoms with van der Waals surface area (Å²) in [5.41, 5.74) is 8.50. The van der Waals surface area contributed by atoms with Gasteiger partial charge in [0.05, 0.1) is 5.69 Å². The van der Waals surface area contributed by atoms with Crippen LogP contribution in [0.1, 0.15) is 51.4 Å². The normalized spacial score (nSPS) is 13.2. The summed E-state index contributed by atoms with van der Waals surface area (Å²) in [6, 6.07) is 12.9. The van der Waals surface area contributed by atoms with Gasteiger partial charge in [-0.3, -0.25) is 4.98 Å². The Bertz CT molecular complexity index is 568. The molecular weight excluding hydrogens is 276 g/mol. The Morgan fingerprint density at radius 2 is 1.67 bits per heavy atom. The minimum absolute atomic E-state index is 0.0371. The van der Waals surface area contributed by atoms with Crippen molar-refractivity contribution in [2.45, 2.75) is 55.4 Å². The van der Waals surface area contributed by atoms with Crippen molar-refractivity contribution in [3.05, 3.63) is 53.9 Å². The van der Waals surface area contributed by atoms with Crippen LogP contribution in [0.5, 0.6) is 0 Å². The molecule has 0 amide bonds. The summed E-state index contributed by atoms with van der Waals surface area (Å²) in [6.45, 7) is 8.77. The average Bonchev–Trinajstić information content (AvgIpc) is 2.47. The van der Waals surface area contributed by atoms with Gasteiger partial charge in [0.2, 0.25) is 0 Å². The van der Waals surface area contributed by atoms with E-state index in [9.17, 15) is 0 Å². The van der Waals surface area contributed by atoms with Gasteiger partial charge in [-0.05, 0) is 41.7 Å². The van der Waals surface area contributed by atoms with Crippen molar-refractivity contribution in [3.8, 4) is 0 Å². The molecule has 2 aromatic rings. The summed E-state index contributed by atoms with van der Waals surface area (Å²) in [5.74, 6) is 0. The number of rotatable bonds is 4. The van der Waals surface area contributed by atoms with E-state index in [1.54, 1.807) is 11.8 Å². The van der Waals surface area contributed by atoms with E-state index in [4.69, 9.17) is 5.73 Å². The van der Waals surface area contributed by atoms with Gasteiger partial charge < -0.3 is 5.73 Å². The Morgan fingerprint density at radius 3 is 2.14 bits per heavy atom. The Hall–Kier alpha value is -1.32. The highest BCUT2D eigenvalue weighted by atomic mass is 32.2. The molecule has 112 valence electrons. The summed E-state index contributed by atoms with van der Waals surface area (Å²) in [4.78, 5) is 6.83. The summed E-state index contributed by atoms with van der Waals surface area (Å²) in [7, 11) is 0. The van der Waals surface area contributed by atoms with Gasteiger partial charge in [0.15, 0.2) is 0 Å². The molecule has 0 aliphatic carbocycles. The second kappa shape index (κ2) is 6.63. The van der Waals surface area contributed by atoms with Gasteiger partial charge in [0.25, 0.3) is 0 Å². The number of nitrogens with zero attached hydrogens (tertiary/aromatic N) is 1. The molecule has 1 aromatic heterocycles. The SMILES string of the molecule is CCC(N)c1ccc(Sc2ccc(C(C)(C)C)cc2)cn1. The molecule has 0 fully saturated rings. The van der Waals surface area contributed by atoms with Crippen molar-refractivity contribution in [1.29, 1.82) is 0 Å². The molecule has 0 saturated heterocycles. The molecule has 21 heavy (non-hydrogen) atoms. The first-order valence-electron chi connectivity index (χ1n) is 7.40. The van der Waals surface area contributed by atoms with Crippen LogP contribution < -0.4 is 5.73 Å². The first kappa shape index (κ1) is 16.1. The predicted octanol–water partition coefficient (Wildman–Crippen LogP) is 4.94. The third-order valence-electron chi connectivity index (χ3n) is 3.53. The van der Waals surface area contributed by atoms with Crippen molar-refractivity contribution in [3.63, 3.8) is 0 Å². The van der Waals surface area contributed by atoms with Crippen LogP contribution in [0.3, 0.4) is 0 Å². The summed E-state index contributed by atoms with van der Waals surface area (Å²) < 4.78 is 0. The highest BCUT2D eigenvalue weighted by molar-refractivity contribution is 7.99. The molecule has 1 aromatic carbocycles. The van der Waals surface area contributed by atoms with Crippen molar-refractivity contribution in [2.75, 3.05) is 0 Å². The fourth-order valence-corrected chi connectivity index (χ4v) is 2.83. The lowest BCUT2D eigenvalue weighted by Gasteiger charge is -2.19. The maximum absolute atomic E-state index is 5.98. The van der Waals surface area contributed by atoms with E-state index in [-0.39, 0.29) is 11.5 Å². The molecule has 0 saturated carbocycles. The van der Waals surface area contributed by atoms with Gasteiger partial charge in [-0.15, -0.1) is 0 Å². The Kier molecular flexibility index (Phi) is 5.07. The van der Waals surface area contributed by atoms with Crippen molar-refractivity contribution in [1.82, 2.24) is 4.98 Å². The van der Waals surface area contributed by atoms with Crippen LogP contribution in [-0.4, -0.2) is 4.98 Å². The standard InChI is InChI=1S/C18H24N2S/c1-5-16(19)17-11-10-15(12-20-17)21-14-8-6-13(7-9-14)18(2,3)4/h6-12,16H,5,19H2,1-4H3. The van der Waals surface area contributed by atoms with E-state index in [2.05, 4.69) is 63.0 Å². The van der Waals surface area contributed by atoms with Gasteiger partial charge in [-0.25, -0.2) is 0 Å². The minimum atomic E-state index is 0.0371. The van der Waals surface area contributed by atoms with Gasteiger partial charge in [0, 0.05) is 22.0 Å². The number of hydrogen-bond acceptors (Lipinski definition) is 3. The van der Waals surface area contributed by atoms with Crippen molar-refractivity contribution < 1.29 is 0 Å². The molecule has 0 bridgehead atoms. The van der Waals surface area contributed by atoms with E-state index in [0.29, 0.717) is 0 Å². The molecule has 3 heteroatoms. The lowest BCUT2D eigenvalue weighted by atomic mass is 9.87. The molecule has 0 spiro atoms. The third-order valence-corrected chi connectivity index (χ3v) is 4.52. The lowest BCUT2D eigenvalue weighted by Crippen LogP contribution is -2.10. The minimum Gasteiger partial charge on any atom is -0.323 e. The molecule has 0 aliphatic rings. The molecule has 1 heterocycles. The van der Waals surface area contributed by atoms with Crippen LogP contribution in [-0.2, 0) is 5.41 Å². The van der Waals surface area contributed by atoms with Crippen LogP contribution in [0.25, 0.3) is 0 Å². The Balaban J connectivity index is 2.08. The molecule has 1 unspecified atom stereocenters. The average molecular weight is 300 g/mol. The van der Waals surface area contributed by atoms with Crippen LogP contribution >= 0.6 is 11.8 Å². The Labute approximate surface area is 132 Å². The number of benzene rings is 1. The largest absolute Gasteiger partial charge is 0.323 e. The zero-order valence-electron chi connectivity index (χ0n) is 13.3. The summed E-state index contributed by atoms with van der Waals surface area (Å²) in [5, 5.41) is 0. The molecule has 2 rings (SSSR count). The van der Waals surface area contributed by atoms with E-state index < -0.39 is 0 Å². The van der Waals surface area contributed by atoms with Crippen molar-refractivity contribution in [2.24, 2.45) is 5.73 Å². The van der Waals surface area contributed by atoms with E-state index in [1.165, 1.54) is 10.5 Å². The van der Waals surface area contributed by atoms with Crippen LogP contribution in [0.15, 0.2) is 52.4 Å². The molecule has 0 aliphatic heterocycles. The highest BCUT2D eigenvalue weighted by Gasteiger charge is 2.13.